The molecule has 0 saturated heterocycles. The minimum atomic E-state index is -0.277. The Bertz CT molecular complexity index is 367. The molecule has 1 aliphatic carbocycles. The number of hydrogen-bond acceptors (Lipinski definition) is 3. The van der Waals surface area contributed by atoms with Crippen molar-refractivity contribution in [2.24, 2.45) is 13.0 Å². The fourth-order valence-electron chi connectivity index (χ4n) is 1.72. The molecule has 1 aromatic heterocycles. The van der Waals surface area contributed by atoms with E-state index < -0.39 is 0 Å². The number of nitrogen functional groups attached to an aromatic ring is 1. The molecule has 4 heteroatoms. The largest absolute Gasteiger partial charge is 0.461 e. The molecule has 1 aromatic rings. The third-order valence-corrected chi connectivity index (χ3v) is 2.91. The van der Waals surface area contributed by atoms with Crippen LogP contribution in [0.3, 0.4) is 0 Å². The zero-order chi connectivity index (χ0) is 10.8. The zero-order valence-corrected chi connectivity index (χ0v) is 8.90. The van der Waals surface area contributed by atoms with Crippen LogP contribution in [0.1, 0.15) is 29.8 Å². The highest BCUT2D eigenvalue weighted by atomic mass is 16.5. The monoisotopic (exact) mass is 208 g/mol. The summed E-state index contributed by atoms with van der Waals surface area (Å²) in [4.78, 5) is 11.6. The number of aromatic nitrogens is 1. The van der Waals surface area contributed by atoms with E-state index in [9.17, 15) is 4.79 Å². The van der Waals surface area contributed by atoms with Gasteiger partial charge >= 0.3 is 5.97 Å². The molecule has 2 rings (SSSR count). The lowest BCUT2D eigenvalue weighted by molar-refractivity contribution is 0.0361. The molecule has 82 valence electrons. The predicted molar refractivity (Wildman–Crippen MR) is 57.4 cm³/mol. The number of anilines is 1. The van der Waals surface area contributed by atoms with Crippen LogP contribution in [-0.2, 0) is 11.8 Å². The van der Waals surface area contributed by atoms with Crippen LogP contribution in [-0.4, -0.2) is 17.1 Å². The van der Waals surface area contributed by atoms with Crippen LogP contribution in [0.2, 0.25) is 0 Å². The van der Waals surface area contributed by atoms with Gasteiger partial charge in [0, 0.05) is 13.2 Å². The van der Waals surface area contributed by atoms with Crippen LogP contribution in [0.25, 0.3) is 0 Å². The molecule has 0 aromatic carbocycles. The van der Waals surface area contributed by atoms with Gasteiger partial charge in [-0.05, 0) is 24.8 Å². The van der Waals surface area contributed by atoms with Crippen molar-refractivity contribution in [2.75, 3.05) is 12.3 Å². The van der Waals surface area contributed by atoms with Crippen molar-refractivity contribution in [3.63, 3.8) is 0 Å². The topological polar surface area (TPSA) is 57.2 Å². The molecule has 2 N–H and O–H groups in total. The Morgan fingerprint density at radius 1 is 1.67 bits per heavy atom. The summed E-state index contributed by atoms with van der Waals surface area (Å²) in [6.07, 6.45) is 5.34. The van der Waals surface area contributed by atoms with Gasteiger partial charge in [0.25, 0.3) is 0 Å². The standard InChI is InChI=1S/C11H16N2O2/c1-13-6-9(12)5-10(13)11(14)15-7-8-3-2-4-8/h5-6,8H,2-4,7,12H2,1H3. The number of hydrogen-bond donors (Lipinski definition) is 1. The van der Waals surface area contributed by atoms with Crippen molar-refractivity contribution in [1.29, 1.82) is 0 Å². The lowest BCUT2D eigenvalue weighted by atomic mass is 9.86. The minimum absolute atomic E-state index is 0.277. The highest BCUT2D eigenvalue weighted by Crippen LogP contribution is 2.26. The fourth-order valence-corrected chi connectivity index (χ4v) is 1.72. The lowest BCUT2D eigenvalue weighted by Crippen LogP contribution is -2.21. The van der Waals surface area contributed by atoms with Crippen LogP contribution in [0, 0.1) is 5.92 Å². The van der Waals surface area contributed by atoms with E-state index in [1.54, 1.807) is 23.9 Å². The van der Waals surface area contributed by atoms with Gasteiger partial charge < -0.3 is 15.0 Å². The SMILES string of the molecule is Cn1cc(N)cc1C(=O)OCC1CCC1. The molecular formula is C11H16N2O2. The quantitative estimate of drug-likeness (QED) is 0.767. The first-order valence-electron chi connectivity index (χ1n) is 5.26. The van der Waals surface area contributed by atoms with E-state index in [-0.39, 0.29) is 5.97 Å². The fraction of sp³-hybridized carbons (Fsp3) is 0.545. The summed E-state index contributed by atoms with van der Waals surface area (Å²) in [6.45, 7) is 0.546. The smallest absolute Gasteiger partial charge is 0.355 e. The van der Waals surface area contributed by atoms with E-state index >= 15 is 0 Å². The summed E-state index contributed by atoms with van der Waals surface area (Å²) in [5.74, 6) is 0.299. The van der Waals surface area contributed by atoms with Gasteiger partial charge in [0.05, 0.1) is 12.3 Å². The Balaban J connectivity index is 1.92. The van der Waals surface area contributed by atoms with E-state index in [1.165, 1.54) is 19.3 Å². The highest BCUT2D eigenvalue weighted by Gasteiger charge is 2.20. The van der Waals surface area contributed by atoms with Gasteiger partial charge in [0.1, 0.15) is 5.69 Å². The first-order chi connectivity index (χ1) is 7.16. The van der Waals surface area contributed by atoms with Gasteiger partial charge in [-0.1, -0.05) is 6.42 Å². The molecule has 0 unspecified atom stereocenters. The third kappa shape index (κ3) is 2.14. The maximum absolute atomic E-state index is 11.6. The number of esters is 1. The number of carbonyl (C=O) groups excluding carboxylic acids is 1. The summed E-state index contributed by atoms with van der Waals surface area (Å²) >= 11 is 0. The van der Waals surface area contributed by atoms with Gasteiger partial charge in [-0.3, -0.25) is 0 Å². The molecule has 0 aliphatic heterocycles. The number of nitrogens with two attached hydrogens (primary N) is 1. The van der Waals surface area contributed by atoms with Gasteiger partial charge in [0.2, 0.25) is 0 Å². The van der Waals surface area contributed by atoms with E-state index in [4.69, 9.17) is 10.5 Å². The molecule has 1 fully saturated rings. The number of nitrogens with zero attached hydrogens (tertiary/aromatic N) is 1. The Morgan fingerprint density at radius 2 is 2.40 bits per heavy atom. The van der Waals surface area contributed by atoms with Crippen molar-refractivity contribution >= 4 is 11.7 Å². The summed E-state index contributed by atoms with van der Waals surface area (Å²) in [7, 11) is 1.79. The number of aryl methyl sites for hydroxylation is 1. The molecule has 4 nitrogen and oxygen atoms in total. The van der Waals surface area contributed by atoms with Crippen LogP contribution in [0.5, 0.6) is 0 Å². The van der Waals surface area contributed by atoms with Crippen LogP contribution in [0.4, 0.5) is 5.69 Å². The molecule has 1 saturated carbocycles. The second-order valence-corrected chi connectivity index (χ2v) is 4.16. The molecule has 0 bridgehead atoms. The zero-order valence-electron chi connectivity index (χ0n) is 8.90. The second-order valence-electron chi connectivity index (χ2n) is 4.16. The number of ether oxygens (including phenoxy) is 1. The minimum Gasteiger partial charge on any atom is -0.461 e. The summed E-state index contributed by atoms with van der Waals surface area (Å²) < 4.78 is 6.90. The van der Waals surface area contributed by atoms with E-state index in [0.29, 0.717) is 23.9 Å². The Hall–Kier alpha value is -1.45. The molecule has 0 spiro atoms. The highest BCUT2D eigenvalue weighted by molar-refractivity contribution is 5.89. The van der Waals surface area contributed by atoms with Crippen molar-refractivity contribution in [2.45, 2.75) is 19.3 Å². The molecule has 1 heterocycles. The Labute approximate surface area is 89.0 Å². The van der Waals surface area contributed by atoms with Crippen LogP contribution < -0.4 is 5.73 Å². The molecule has 0 amide bonds. The van der Waals surface area contributed by atoms with Crippen molar-refractivity contribution in [1.82, 2.24) is 4.57 Å². The average Bonchev–Trinajstić information content (AvgIpc) is 2.42. The maximum Gasteiger partial charge on any atom is 0.355 e. The molecule has 0 radical (unpaired) electrons. The van der Waals surface area contributed by atoms with Gasteiger partial charge in [-0.15, -0.1) is 0 Å². The summed E-state index contributed by atoms with van der Waals surface area (Å²) in [5, 5.41) is 0. The Kier molecular flexibility index (Phi) is 2.66. The predicted octanol–water partition coefficient (Wildman–Crippen LogP) is 1.56. The second kappa shape index (κ2) is 3.96. The van der Waals surface area contributed by atoms with Gasteiger partial charge in [0.15, 0.2) is 0 Å². The van der Waals surface area contributed by atoms with Crippen molar-refractivity contribution in [3.8, 4) is 0 Å². The average molecular weight is 208 g/mol. The molecule has 1 aliphatic rings. The van der Waals surface area contributed by atoms with Crippen LogP contribution >= 0.6 is 0 Å². The summed E-state index contributed by atoms with van der Waals surface area (Å²) in [6, 6.07) is 1.64. The normalized spacial score (nSPS) is 16.1. The third-order valence-electron chi connectivity index (χ3n) is 2.91. The first-order valence-corrected chi connectivity index (χ1v) is 5.26. The Morgan fingerprint density at radius 3 is 2.87 bits per heavy atom. The van der Waals surface area contributed by atoms with E-state index in [2.05, 4.69) is 0 Å². The summed E-state index contributed by atoms with van der Waals surface area (Å²) in [5.41, 5.74) is 6.69. The number of rotatable bonds is 3. The molecule has 0 atom stereocenters. The molecular weight excluding hydrogens is 192 g/mol. The molecule has 15 heavy (non-hydrogen) atoms. The lowest BCUT2D eigenvalue weighted by Gasteiger charge is -2.24. The van der Waals surface area contributed by atoms with Gasteiger partial charge in [-0.25, -0.2) is 4.79 Å². The first kappa shape index (κ1) is 10.1. The van der Waals surface area contributed by atoms with E-state index in [0.717, 1.165) is 0 Å². The van der Waals surface area contributed by atoms with Gasteiger partial charge in [-0.2, -0.15) is 0 Å². The van der Waals surface area contributed by atoms with E-state index in [1.807, 2.05) is 0 Å². The number of carbonyl (C=O) groups is 1. The van der Waals surface area contributed by atoms with Crippen molar-refractivity contribution in [3.05, 3.63) is 18.0 Å². The van der Waals surface area contributed by atoms with Crippen LogP contribution in [0.15, 0.2) is 12.3 Å². The van der Waals surface area contributed by atoms with Crippen molar-refractivity contribution < 1.29 is 9.53 Å². The maximum atomic E-state index is 11.6.